The van der Waals surface area contributed by atoms with Gasteiger partial charge in [0, 0.05) is 19.7 Å². The van der Waals surface area contributed by atoms with Crippen LogP contribution < -0.4 is 10.0 Å². The van der Waals surface area contributed by atoms with E-state index in [0.29, 0.717) is 12.5 Å². The Morgan fingerprint density at radius 3 is 2.48 bits per heavy atom. The zero-order valence-electron chi connectivity index (χ0n) is 12.2. The van der Waals surface area contributed by atoms with Gasteiger partial charge in [-0.05, 0) is 24.2 Å². The van der Waals surface area contributed by atoms with E-state index in [0.717, 1.165) is 30.2 Å². The molecule has 1 fully saturated rings. The molecule has 2 rings (SSSR count). The van der Waals surface area contributed by atoms with Gasteiger partial charge in [0.25, 0.3) is 0 Å². The number of nitrogens with one attached hydrogen (secondary N) is 2. The fourth-order valence-electron chi connectivity index (χ4n) is 2.24. The lowest BCUT2D eigenvalue weighted by atomic mass is 9.93. The third-order valence-electron chi connectivity index (χ3n) is 4.11. The Kier molecular flexibility index (Phi) is 4.27. The highest BCUT2D eigenvalue weighted by Crippen LogP contribution is 2.51. The van der Waals surface area contributed by atoms with E-state index in [2.05, 4.69) is 23.9 Å². The molecule has 118 valence electrons. The number of anilines is 1. The molecule has 0 spiro atoms. The van der Waals surface area contributed by atoms with Crippen LogP contribution in [-0.2, 0) is 10.0 Å². The van der Waals surface area contributed by atoms with E-state index in [1.165, 1.54) is 7.05 Å². The van der Waals surface area contributed by atoms with Crippen molar-refractivity contribution in [2.75, 3.05) is 18.9 Å². The van der Waals surface area contributed by atoms with Crippen LogP contribution in [-0.4, -0.2) is 26.9 Å². The first-order chi connectivity index (χ1) is 9.72. The molecule has 0 bridgehead atoms. The predicted octanol–water partition coefficient (Wildman–Crippen LogP) is 2.41. The predicted molar refractivity (Wildman–Crippen MR) is 82.2 cm³/mol. The number of thiophene rings is 1. The van der Waals surface area contributed by atoms with Gasteiger partial charge in [-0.2, -0.15) is 0 Å². The van der Waals surface area contributed by atoms with E-state index < -0.39 is 14.9 Å². The Morgan fingerprint density at radius 1 is 1.48 bits per heavy atom. The minimum Gasteiger partial charge on any atom is -0.374 e. The lowest BCUT2D eigenvalue weighted by Crippen LogP contribution is -2.32. The van der Waals surface area contributed by atoms with Gasteiger partial charge in [-0.1, -0.05) is 25.2 Å². The summed E-state index contributed by atoms with van der Waals surface area (Å²) in [6, 6.07) is 1.10. The van der Waals surface area contributed by atoms with Gasteiger partial charge in [0.15, 0.2) is 5.00 Å². The Hall–Kier alpha value is -1.19. The van der Waals surface area contributed by atoms with Gasteiger partial charge in [0.2, 0.25) is 10.0 Å². The maximum absolute atomic E-state index is 12.3. The zero-order chi connectivity index (χ0) is 15.8. The molecule has 0 radical (unpaired) electrons. The fourth-order valence-corrected chi connectivity index (χ4v) is 4.70. The van der Waals surface area contributed by atoms with E-state index in [1.807, 2.05) is 0 Å². The topological polar surface area (TPSA) is 101 Å². The summed E-state index contributed by atoms with van der Waals surface area (Å²) >= 11 is 0.871. The molecule has 1 saturated carbocycles. The standard InChI is InChI=1S/C12H19N3O4S2/c1-8(2)12(4-5-12)7-14-21(18,19)10-6-9(15(16)17)11(13-3)20-10/h6,8,13-14H,4-5,7H2,1-3H3. The summed E-state index contributed by atoms with van der Waals surface area (Å²) in [4.78, 5) is 10.3. The van der Waals surface area contributed by atoms with E-state index >= 15 is 0 Å². The molecular weight excluding hydrogens is 314 g/mol. The third kappa shape index (κ3) is 3.19. The van der Waals surface area contributed by atoms with Gasteiger partial charge in [0.1, 0.15) is 4.21 Å². The van der Waals surface area contributed by atoms with Crippen molar-refractivity contribution in [2.24, 2.45) is 11.3 Å². The highest BCUT2D eigenvalue weighted by atomic mass is 32.2. The van der Waals surface area contributed by atoms with Crippen LogP contribution in [0.2, 0.25) is 0 Å². The summed E-state index contributed by atoms with van der Waals surface area (Å²) < 4.78 is 27.1. The second kappa shape index (κ2) is 5.54. The van der Waals surface area contributed by atoms with Crippen molar-refractivity contribution in [3.8, 4) is 0 Å². The lowest BCUT2D eigenvalue weighted by Gasteiger charge is -2.19. The highest BCUT2D eigenvalue weighted by molar-refractivity contribution is 7.91. The fraction of sp³-hybridized carbons (Fsp3) is 0.667. The van der Waals surface area contributed by atoms with Gasteiger partial charge in [-0.3, -0.25) is 10.1 Å². The SMILES string of the molecule is CNc1sc(S(=O)(=O)NCC2(C(C)C)CC2)cc1[N+](=O)[O-]. The molecule has 1 aliphatic rings. The zero-order valence-corrected chi connectivity index (χ0v) is 13.8. The van der Waals surface area contributed by atoms with Crippen molar-refractivity contribution >= 4 is 32.0 Å². The Labute approximate surface area is 127 Å². The van der Waals surface area contributed by atoms with Crippen molar-refractivity contribution in [1.29, 1.82) is 0 Å². The number of rotatable bonds is 7. The third-order valence-corrected chi connectivity index (χ3v) is 7.13. The van der Waals surface area contributed by atoms with Gasteiger partial charge in [-0.25, -0.2) is 13.1 Å². The van der Waals surface area contributed by atoms with Crippen LogP contribution in [0.4, 0.5) is 10.7 Å². The van der Waals surface area contributed by atoms with E-state index in [-0.39, 0.29) is 20.3 Å². The molecule has 0 aliphatic heterocycles. The molecule has 1 heterocycles. The van der Waals surface area contributed by atoms with Crippen LogP contribution in [0.5, 0.6) is 0 Å². The van der Waals surface area contributed by atoms with Crippen molar-refractivity contribution in [3.05, 3.63) is 16.2 Å². The average molecular weight is 333 g/mol. The van der Waals surface area contributed by atoms with Crippen LogP contribution in [0.3, 0.4) is 0 Å². The number of sulfonamides is 1. The first-order valence-corrected chi connectivity index (χ1v) is 8.97. The Balaban J connectivity index is 2.18. The summed E-state index contributed by atoms with van der Waals surface area (Å²) in [6.45, 7) is 4.54. The molecule has 2 N–H and O–H groups in total. The largest absolute Gasteiger partial charge is 0.374 e. The minimum absolute atomic E-state index is 0.0295. The number of hydrogen-bond acceptors (Lipinski definition) is 6. The molecule has 0 aromatic carbocycles. The van der Waals surface area contributed by atoms with E-state index in [4.69, 9.17) is 0 Å². The molecule has 7 nitrogen and oxygen atoms in total. The summed E-state index contributed by atoms with van der Waals surface area (Å²) in [6.07, 6.45) is 2.03. The molecule has 9 heteroatoms. The molecule has 1 aromatic rings. The Bertz CT molecular complexity index is 647. The lowest BCUT2D eigenvalue weighted by molar-refractivity contribution is -0.383. The van der Waals surface area contributed by atoms with Crippen molar-refractivity contribution in [2.45, 2.75) is 30.9 Å². The summed E-state index contributed by atoms with van der Waals surface area (Å²) in [7, 11) is -2.18. The smallest absolute Gasteiger partial charge is 0.304 e. The summed E-state index contributed by atoms with van der Waals surface area (Å²) in [5.74, 6) is 0.408. The number of hydrogen-bond donors (Lipinski definition) is 2. The number of nitrogens with zero attached hydrogens (tertiary/aromatic N) is 1. The van der Waals surface area contributed by atoms with Crippen LogP contribution in [0.1, 0.15) is 26.7 Å². The van der Waals surface area contributed by atoms with E-state index in [1.54, 1.807) is 0 Å². The molecule has 0 saturated heterocycles. The Morgan fingerprint density at radius 2 is 2.10 bits per heavy atom. The number of nitro groups is 1. The summed E-state index contributed by atoms with van der Waals surface area (Å²) in [5.41, 5.74) is -0.171. The molecular formula is C12H19N3O4S2. The van der Waals surface area contributed by atoms with Crippen molar-refractivity contribution in [1.82, 2.24) is 4.72 Å². The monoisotopic (exact) mass is 333 g/mol. The van der Waals surface area contributed by atoms with E-state index in [9.17, 15) is 18.5 Å². The summed E-state index contributed by atoms with van der Waals surface area (Å²) in [5, 5.41) is 13.8. The molecule has 21 heavy (non-hydrogen) atoms. The van der Waals surface area contributed by atoms with Crippen LogP contribution >= 0.6 is 11.3 Å². The van der Waals surface area contributed by atoms with Crippen LogP contribution in [0.25, 0.3) is 0 Å². The molecule has 1 aliphatic carbocycles. The maximum Gasteiger partial charge on any atom is 0.304 e. The van der Waals surface area contributed by atoms with Crippen molar-refractivity contribution in [3.63, 3.8) is 0 Å². The van der Waals surface area contributed by atoms with Gasteiger partial charge in [0.05, 0.1) is 4.92 Å². The maximum atomic E-state index is 12.3. The highest BCUT2D eigenvalue weighted by Gasteiger charge is 2.45. The average Bonchev–Trinajstić information content (AvgIpc) is 3.07. The van der Waals surface area contributed by atoms with Gasteiger partial charge >= 0.3 is 5.69 Å². The van der Waals surface area contributed by atoms with Crippen molar-refractivity contribution < 1.29 is 13.3 Å². The quantitative estimate of drug-likeness (QED) is 0.589. The second-order valence-electron chi connectivity index (χ2n) is 5.63. The minimum atomic E-state index is -3.71. The molecule has 0 amide bonds. The first kappa shape index (κ1) is 16.2. The molecule has 0 unspecified atom stereocenters. The van der Waals surface area contributed by atoms with Crippen LogP contribution in [0.15, 0.2) is 10.3 Å². The van der Waals surface area contributed by atoms with Crippen LogP contribution in [0, 0.1) is 21.4 Å². The van der Waals surface area contributed by atoms with Gasteiger partial charge in [-0.15, -0.1) is 0 Å². The molecule has 0 atom stereocenters. The molecule has 1 aromatic heterocycles. The normalized spacial score (nSPS) is 17.0. The first-order valence-electron chi connectivity index (χ1n) is 6.67. The van der Waals surface area contributed by atoms with Gasteiger partial charge < -0.3 is 5.32 Å². The second-order valence-corrected chi connectivity index (χ2v) is 8.67.